The number of hydrogen-bond donors (Lipinski definition) is 1. The number of amides is 1. The van der Waals surface area contributed by atoms with Gasteiger partial charge < -0.3 is 5.32 Å². The molecule has 0 heterocycles. The predicted molar refractivity (Wildman–Crippen MR) is 86.1 cm³/mol. The van der Waals surface area contributed by atoms with E-state index < -0.39 is 0 Å². The summed E-state index contributed by atoms with van der Waals surface area (Å²) in [7, 11) is 0. The van der Waals surface area contributed by atoms with Crippen molar-refractivity contribution in [2.45, 2.75) is 25.2 Å². The summed E-state index contributed by atoms with van der Waals surface area (Å²) in [5.41, 5.74) is 4.29. The smallest absolute Gasteiger partial charge is 0.251 e. The normalized spacial score (nSPS) is 10.3. The van der Waals surface area contributed by atoms with Gasteiger partial charge in [-0.1, -0.05) is 59.3 Å². The highest BCUT2D eigenvalue weighted by Crippen LogP contribution is 2.09. The van der Waals surface area contributed by atoms with Crippen LogP contribution in [0, 0.1) is 0 Å². The van der Waals surface area contributed by atoms with Crippen LogP contribution >= 0.6 is 15.9 Å². The number of benzene rings is 2. The van der Waals surface area contributed by atoms with Crippen LogP contribution in [-0.4, -0.2) is 5.91 Å². The third-order valence-corrected chi connectivity index (χ3v) is 3.90. The van der Waals surface area contributed by atoms with Gasteiger partial charge in [0, 0.05) is 17.4 Å². The zero-order chi connectivity index (χ0) is 14.4. The van der Waals surface area contributed by atoms with Gasteiger partial charge >= 0.3 is 0 Å². The molecule has 2 nitrogen and oxygen atoms in total. The van der Waals surface area contributed by atoms with Gasteiger partial charge in [0.1, 0.15) is 0 Å². The molecular weight excluding hydrogens is 314 g/mol. The van der Waals surface area contributed by atoms with Crippen LogP contribution in [0.5, 0.6) is 0 Å². The maximum absolute atomic E-state index is 12.0. The molecule has 0 aliphatic heterocycles. The van der Waals surface area contributed by atoms with Gasteiger partial charge in [-0.15, -0.1) is 0 Å². The Morgan fingerprint density at radius 3 is 2.05 bits per heavy atom. The largest absolute Gasteiger partial charge is 0.348 e. The third-order valence-electron chi connectivity index (χ3n) is 3.25. The van der Waals surface area contributed by atoms with Gasteiger partial charge in [-0.05, 0) is 35.2 Å². The standard InChI is InChI=1S/C17H18BrNO/c1-2-13-3-5-15(6-4-13)12-19-17(20)16-9-7-14(11-18)8-10-16/h3-10H,2,11-12H2,1H3,(H,19,20). The molecular formula is C17H18BrNO. The highest BCUT2D eigenvalue weighted by atomic mass is 79.9. The van der Waals surface area contributed by atoms with E-state index in [0.29, 0.717) is 12.1 Å². The minimum Gasteiger partial charge on any atom is -0.348 e. The average molecular weight is 332 g/mol. The van der Waals surface area contributed by atoms with E-state index in [2.05, 4.69) is 52.4 Å². The van der Waals surface area contributed by atoms with Gasteiger partial charge in [-0.25, -0.2) is 0 Å². The molecule has 0 radical (unpaired) electrons. The fraction of sp³-hybridized carbons (Fsp3) is 0.235. The lowest BCUT2D eigenvalue weighted by atomic mass is 10.1. The van der Waals surface area contributed by atoms with E-state index >= 15 is 0 Å². The van der Waals surface area contributed by atoms with Crippen molar-refractivity contribution in [3.05, 3.63) is 70.8 Å². The second-order valence-electron chi connectivity index (χ2n) is 4.68. The number of alkyl halides is 1. The minimum atomic E-state index is -0.0364. The molecule has 104 valence electrons. The summed E-state index contributed by atoms with van der Waals surface area (Å²) in [6.45, 7) is 2.69. The zero-order valence-corrected chi connectivity index (χ0v) is 13.1. The molecule has 0 saturated heterocycles. The molecule has 1 amide bonds. The average Bonchev–Trinajstić information content (AvgIpc) is 2.53. The Balaban J connectivity index is 1.93. The Bertz CT molecular complexity index is 561. The van der Waals surface area contributed by atoms with E-state index in [1.165, 1.54) is 5.56 Å². The van der Waals surface area contributed by atoms with Gasteiger partial charge in [-0.2, -0.15) is 0 Å². The van der Waals surface area contributed by atoms with Crippen molar-refractivity contribution >= 4 is 21.8 Å². The molecule has 2 rings (SSSR count). The zero-order valence-electron chi connectivity index (χ0n) is 11.5. The summed E-state index contributed by atoms with van der Waals surface area (Å²) in [5, 5.41) is 3.74. The lowest BCUT2D eigenvalue weighted by molar-refractivity contribution is 0.0951. The summed E-state index contributed by atoms with van der Waals surface area (Å²) in [4.78, 5) is 12.0. The number of aryl methyl sites for hydroxylation is 1. The first-order valence-corrected chi connectivity index (χ1v) is 7.86. The van der Waals surface area contributed by atoms with Crippen molar-refractivity contribution in [3.8, 4) is 0 Å². The lowest BCUT2D eigenvalue weighted by Gasteiger charge is -2.06. The Morgan fingerprint density at radius 1 is 0.950 bits per heavy atom. The Morgan fingerprint density at radius 2 is 1.50 bits per heavy atom. The molecule has 0 aliphatic rings. The fourth-order valence-electron chi connectivity index (χ4n) is 1.92. The van der Waals surface area contributed by atoms with Crippen molar-refractivity contribution in [2.24, 2.45) is 0 Å². The Labute approximate surface area is 128 Å². The molecule has 0 spiro atoms. The molecule has 0 bridgehead atoms. The topological polar surface area (TPSA) is 29.1 Å². The van der Waals surface area contributed by atoms with Crippen LogP contribution in [0.25, 0.3) is 0 Å². The van der Waals surface area contributed by atoms with Gasteiger partial charge in [0.15, 0.2) is 0 Å². The first-order chi connectivity index (χ1) is 9.72. The molecule has 0 saturated carbocycles. The van der Waals surface area contributed by atoms with E-state index in [1.54, 1.807) is 0 Å². The van der Waals surface area contributed by atoms with Crippen LogP contribution in [0.2, 0.25) is 0 Å². The van der Waals surface area contributed by atoms with Gasteiger partial charge in [0.2, 0.25) is 0 Å². The first kappa shape index (κ1) is 14.8. The van der Waals surface area contributed by atoms with E-state index in [0.717, 1.165) is 22.9 Å². The summed E-state index contributed by atoms with van der Waals surface area (Å²) in [6.07, 6.45) is 1.03. The molecule has 0 aliphatic carbocycles. The second-order valence-corrected chi connectivity index (χ2v) is 5.24. The van der Waals surface area contributed by atoms with E-state index in [-0.39, 0.29) is 5.91 Å². The molecule has 0 fully saturated rings. The molecule has 2 aromatic rings. The van der Waals surface area contributed by atoms with Gasteiger partial charge in [0.25, 0.3) is 5.91 Å². The van der Waals surface area contributed by atoms with Crippen molar-refractivity contribution in [2.75, 3.05) is 0 Å². The summed E-state index contributed by atoms with van der Waals surface area (Å²) >= 11 is 3.39. The Hall–Kier alpha value is -1.61. The van der Waals surface area contributed by atoms with Gasteiger partial charge in [-0.3, -0.25) is 4.79 Å². The summed E-state index contributed by atoms with van der Waals surface area (Å²) in [5.74, 6) is -0.0364. The summed E-state index contributed by atoms with van der Waals surface area (Å²) in [6, 6.07) is 16.0. The van der Waals surface area contributed by atoms with E-state index in [1.807, 2.05) is 24.3 Å². The van der Waals surface area contributed by atoms with Gasteiger partial charge in [0.05, 0.1) is 0 Å². The van der Waals surface area contributed by atoms with Crippen molar-refractivity contribution in [3.63, 3.8) is 0 Å². The van der Waals surface area contributed by atoms with Crippen molar-refractivity contribution < 1.29 is 4.79 Å². The van der Waals surface area contributed by atoms with Crippen molar-refractivity contribution in [1.82, 2.24) is 5.32 Å². The summed E-state index contributed by atoms with van der Waals surface area (Å²) < 4.78 is 0. The molecule has 3 heteroatoms. The maximum Gasteiger partial charge on any atom is 0.251 e. The number of nitrogens with one attached hydrogen (secondary N) is 1. The number of carbonyl (C=O) groups is 1. The maximum atomic E-state index is 12.0. The fourth-order valence-corrected chi connectivity index (χ4v) is 2.30. The van der Waals surface area contributed by atoms with E-state index in [9.17, 15) is 4.79 Å². The molecule has 1 N–H and O–H groups in total. The number of hydrogen-bond acceptors (Lipinski definition) is 1. The van der Waals surface area contributed by atoms with Crippen LogP contribution in [0.15, 0.2) is 48.5 Å². The molecule has 20 heavy (non-hydrogen) atoms. The monoisotopic (exact) mass is 331 g/mol. The second kappa shape index (κ2) is 7.25. The van der Waals surface area contributed by atoms with Crippen LogP contribution in [-0.2, 0) is 18.3 Å². The van der Waals surface area contributed by atoms with Crippen LogP contribution in [0.3, 0.4) is 0 Å². The minimum absolute atomic E-state index is 0.0364. The van der Waals surface area contributed by atoms with Crippen LogP contribution in [0.4, 0.5) is 0 Å². The number of carbonyl (C=O) groups excluding carboxylic acids is 1. The SMILES string of the molecule is CCc1ccc(CNC(=O)c2ccc(CBr)cc2)cc1. The van der Waals surface area contributed by atoms with Crippen molar-refractivity contribution in [1.29, 1.82) is 0 Å². The molecule has 0 aromatic heterocycles. The molecule has 2 aromatic carbocycles. The quantitative estimate of drug-likeness (QED) is 0.822. The van der Waals surface area contributed by atoms with Crippen LogP contribution in [0.1, 0.15) is 34.0 Å². The van der Waals surface area contributed by atoms with Crippen LogP contribution < -0.4 is 5.32 Å². The number of halogens is 1. The van der Waals surface area contributed by atoms with E-state index in [4.69, 9.17) is 0 Å². The first-order valence-electron chi connectivity index (χ1n) is 6.74. The highest BCUT2D eigenvalue weighted by molar-refractivity contribution is 9.08. The highest BCUT2D eigenvalue weighted by Gasteiger charge is 2.04. The predicted octanol–water partition coefficient (Wildman–Crippen LogP) is 4.07. The molecule has 0 atom stereocenters. The molecule has 0 unspecified atom stereocenters. The lowest BCUT2D eigenvalue weighted by Crippen LogP contribution is -2.22. The number of rotatable bonds is 5. The Kier molecular flexibility index (Phi) is 5.36. The third kappa shape index (κ3) is 3.94.